The Morgan fingerprint density at radius 3 is 2.95 bits per heavy atom. The highest BCUT2D eigenvalue weighted by atomic mass is 79.9. The highest BCUT2D eigenvalue weighted by Crippen LogP contribution is 2.24. The van der Waals surface area contributed by atoms with E-state index in [1.165, 1.54) is 0 Å². The minimum atomic E-state index is 0.0697. The topological polar surface area (TPSA) is 55.3 Å². The number of hydrogen-bond acceptors (Lipinski definition) is 4. The van der Waals surface area contributed by atoms with Gasteiger partial charge in [-0.25, -0.2) is 9.97 Å². The van der Waals surface area contributed by atoms with Crippen molar-refractivity contribution < 1.29 is 9.53 Å². The normalized spacial score (nSPS) is 19.1. The van der Waals surface area contributed by atoms with E-state index in [1.807, 2.05) is 11.8 Å². The van der Waals surface area contributed by atoms with Crippen LogP contribution >= 0.6 is 15.9 Å². The van der Waals surface area contributed by atoms with E-state index in [4.69, 9.17) is 4.74 Å². The fraction of sp³-hybridized carbons (Fsp3) is 0.643. The van der Waals surface area contributed by atoms with Gasteiger partial charge in [-0.05, 0) is 35.2 Å². The lowest BCUT2D eigenvalue weighted by Gasteiger charge is -2.32. The molecule has 0 radical (unpaired) electrons. The summed E-state index contributed by atoms with van der Waals surface area (Å²) in [5, 5.41) is 0. The molecule has 5 nitrogen and oxygen atoms in total. The first kappa shape index (κ1) is 15.4. The summed E-state index contributed by atoms with van der Waals surface area (Å²) in [5.74, 6) is 1.12. The van der Waals surface area contributed by atoms with Crippen LogP contribution in [0.1, 0.15) is 37.9 Å². The predicted octanol–water partition coefficient (Wildman–Crippen LogP) is 2.37. The summed E-state index contributed by atoms with van der Waals surface area (Å²) >= 11 is 3.33. The molecule has 1 aliphatic heterocycles. The van der Waals surface area contributed by atoms with Crippen molar-refractivity contribution in [2.45, 2.75) is 32.1 Å². The van der Waals surface area contributed by atoms with Crippen LogP contribution in [0, 0.1) is 0 Å². The number of amides is 1. The Morgan fingerprint density at radius 1 is 1.50 bits per heavy atom. The summed E-state index contributed by atoms with van der Waals surface area (Å²) in [4.78, 5) is 22.6. The van der Waals surface area contributed by atoms with Gasteiger partial charge in [-0.1, -0.05) is 6.92 Å². The third-order valence-corrected chi connectivity index (χ3v) is 3.76. The van der Waals surface area contributed by atoms with Crippen molar-refractivity contribution in [1.82, 2.24) is 14.9 Å². The molecular formula is C14H20BrN3O2. The molecule has 1 saturated heterocycles. The summed E-state index contributed by atoms with van der Waals surface area (Å²) in [5.41, 5.74) is 0. The molecule has 2 rings (SSSR count). The van der Waals surface area contributed by atoms with Gasteiger partial charge in [-0.3, -0.25) is 4.79 Å². The first-order valence-electron chi connectivity index (χ1n) is 7.03. The van der Waals surface area contributed by atoms with Crippen molar-refractivity contribution in [1.29, 1.82) is 0 Å². The first-order valence-corrected chi connectivity index (χ1v) is 7.83. The molecule has 0 saturated carbocycles. The number of halogens is 1. The second kappa shape index (κ2) is 7.69. The highest BCUT2D eigenvalue weighted by Gasteiger charge is 2.26. The van der Waals surface area contributed by atoms with Gasteiger partial charge in [0.05, 0.1) is 4.47 Å². The number of piperidine rings is 1. The van der Waals surface area contributed by atoms with Gasteiger partial charge in [0, 0.05) is 38.0 Å². The smallest absolute Gasteiger partial charge is 0.248 e. The van der Waals surface area contributed by atoms with Crippen LogP contribution < -0.4 is 0 Å². The first-order chi connectivity index (χ1) is 9.70. The Hall–Kier alpha value is -1.01. The van der Waals surface area contributed by atoms with Crippen LogP contribution in [-0.2, 0) is 9.53 Å². The average molecular weight is 342 g/mol. The Bertz CT molecular complexity index is 439. The molecule has 0 N–H and O–H groups in total. The SMILES string of the molecule is CCCOCC(=O)N1CCCC(c2ncc(Br)cn2)C1. The lowest BCUT2D eigenvalue weighted by atomic mass is 9.97. The number of carbonyl (C=O) groups excluding carboxylic acids is 1. The van der Waals surface area contributed by atoms with Crippen LogP contribution in [0.3, 0.4) is 0 Å². The molecule has 110 valence electrons. The monoisotopic (exact) mass is 341 g/mol. The van der Waals surface area contributed by atoms with Crippen molar-refractivity contribution in [3.63, 3.8) is 0 Å². The van der Waals surface area contributed by atoms with Gasteiger partial charge < -0.3 is 9.64 Å². The maximum absolute atomic E-state index is 12.1. The molecule has 0 aromatic carbocycles. The van der Waals surface area contributed by atoms with Crippen molar-refractivity contribution in [3.05, 3.63) is 22.7 Å². The number of likely N-dealkylation sites (tertiary alicyclic amines) is 1. The van der Waals surface area contributed by atoms with Gasteiger partial charge in [0.15, 0.2) is 0 Å². The number of nitrogens with zero attached hydrogens (tertiary/aromatic N) is 3. The molecule has 0 spiro atoms. The Morgan fingerprint density at radius 2 is 2.25 bits per heavy atom. The van der Waals surface area contributed by atoms with E-state index < -0.39 is 0 Å². The molecule has 0 aliphatic carbocycles. The highest BCUT2D eigenvalue weighted by molar-refractivity contribution is 9.10. The molecule has 1 aromatic heterocycles. The third kappa shape index (κ3) is 4.24. The molecule has 1 fully saturated rings. The standard InChI is InChI=1S/C14H20BrN3O2/c1-2-6-20-10-13(19)18-5-3-4-11(9-18)14-16-7-12(15)8-17-14/h7-8,11H,2-6,9-10H2,1H3. The zero-order valence-electron chi connectivity index (χ0n) is 11.7. The van der Waals surface area contributed by atoms with E-state index in [0.29, 0.717) is 13.2 Å². The molecule has 20 heavy (non-hydrogen) atoms. The largest absolute Gasteiger partial charge is 0.372 e. The van der Waals surface area contributed by atoms with Crippen LogP contribution in [0.4, 0.5) is 0 Å². The van der Waals surface area contributed by atoms with Crippen molar-refractivity contribution in [2.75, 3.05) is 26.3 Å². The number of aromatic nitrogens is 2. The maximum Gasteiger partial charge on any atom is 0.248 e. The van der Waals surface area contributed by atoms with E-state index in [9.17, 15) is 4.79 Å². The van der Waals surface area contributed by atoms with Crippen LogP contribution in [0.25, 0.3) is 0 Å². The number of rotatable bonds is 5. The van der Waals surface area contributed by atoms with Gasteiger partial charge in [-0.2, -0.15) is 0 Å². The van der Waals surface area contributed by atoms with Crippen LogP contribution in [0.5, 0.6) is 0 Å². The molecular weight excluding hydrogens is 322 g/mol. The molecule has 1 aliphatic rings. The summed E-state index contributed by atoms with van der Waals surface area (Å²) in [7, 11) is 0. The quantitative estimate of drug-likeness (QED) is 0.771. The van der Waals surface area contributed by atoms with Crippen LogP contribution in [-0.4, -0.2) is 47.1 Å². The van der Waals surface area contributed by atoms with Gasteiger partial charge in [-0.15, -0.1) is 0 Å². The predicted molar refractivity (Wildman–Crippen MR) is 79.4 cm³/mol. The molecule has 1 unspecified atom stereocenters. The Balaban J connectivity index is 1.91. The minimum Gasteiger partial charge on any atom is -0.372 e. The summed E-state index contributed by atoms with van der Waals surface area (Å²) in [6, 6.07) is 0. The van der Waals surface area contributed by atoms with E-state index in [-0.39, 0.29) is 18.4 Å². The average Bonchev–Trinajstić information content (AvgIpc) is 2.48. The molecule has 0 bridgehead atoms. The lowest BCUT2D eigenvalue weighted by Crippen LogP contribution is -2.41. The summed E-state index contributed by atoms with van der Waals surface area (Å²) < 4.78 is 6.20. The summed E-state index contributed by atoms with van der Waals surface area (Å²) in [6.45, 7) is 4.35. The third-order valence-electron chi connectivity index (χ3n) is 3.35. The fourth-order valence-corrected chi connectivity index (χ4v) is 2.55. The van der Waals surface area contributed by atoms with Gasteiger partial charge in [0.25, 0.3) is 0 Å². The maximum atomic E-state index is 12.1. The lowest BCUT2D eigenvalue weighted by molar-refractivity contribution is -0.137. The van der Waals surface area contributed by atoms with E-state index in [0.717, 1.165) is 36.1 Å². The molecule has 1 amide bonds. The number of carbonyl (C=O) groups is 1. The van der Waals surface area contributed by atoms with Gasteiger partial charge >= 0.3 is 0 Å². The van der Waals surface area contributed by atoms with E-state index in [1.54, 1.807) is 12.4 Å². The molecule has 6 heteroatoms. The van der Waals surface area contributed by atoms with Crippen LogP contribution in [0.15, 0.2) is 16.9 Å². The van der Waals surface area contributed by atoms with Gasteiger partial charge in [0.1, 0.15) is 12.4 Å². The second-order valence-electron chi connectivity index (χ2n) is 4.99. The summed E-state index contributed by atoms with van der Waals surface area (Å²) in [6.07, 6.45) is 6.47. The minimum absolute atomic E-state index is 0.0697. The Kier molecular flexibility index (Phi) is 5.91. The van der Waals surface area contributed by atoms with E-state index in [2.05, 4.69) is 25.9 Å². The van der Waals surface area contributed by atoms with Crippen LogP contribution in [0.2, 0.25) is 0 Å². The Labute approximate surface area is 127 Å². The van der Waals surface area contributed by atoms with Crippen molar-refractivity contribution >= 4 is 21.8 Å². The molecule has 1 aromatic rings. The molecule has 2 heterocycles. The fourth-order valence-electron chi connectivity index (χ4n) is 2.34. The van der Waals surface area contributed by atoms with Crippen molar-refractivity contribution in [3.8, 4) is 0 Å². The van der Waals surface area contributed by atoms with E-state index >= 15 is 0 Å². The molecule has 1 atom stereocenters. The zero-order chi connectivity index (χ0) is 14.4. The van der Waals surface area contributed by atoms with Gasteiger partial charge in [0.2, 0.25) is 5.91 Å². The number of hydrogen-bond donors (Lipinski definition) is 0. The van der Waals surface area contributed by atoms with Crippen molar-refractivity contribution in [2.24, 2.45) is 0 Å². The zero-order valence-corrected chi connectivity index (χ0v) is 13.3. The number of ether oxygens (including phenoxy) is 1. The second-order valence-corrected chi connectivity index (χ2v) is 5.91.